The molecule has 8 nitrogen and oxygen atoms in total. The predicted molar refractivity (Wildman–Crippen MR) is 115 cm³/mol. The Morgan fingerprint density at radius 1 is 1.23 bits per heavy atom. The molecule has 0 unspecified atom stereocenters. The lowest BCUT2D eigenvalue weighted by atomic mass is 10.1. The number of aromatic nitrogens is 3. The number of carbonyl (C=O) groups is 1. The highest BCUT2D eigenvalue weighted by Crippen LogP contribution is 2.30. The van der Waals surface area contributed by atoms with Gasteiger partial charge in [0.1, 0.15) is 11.5 Å². The molecule has 1 aromatic heterocycles. The van der Waals surface area contributed by atoms with Crippen LogP contribution < -0.4 is 20.1 Å². The van der Waals surface area contributed by atoms with Crippen LogP contribution in [0.4, 0.5) is 0 Å². The van der Waals surface area contributed by atoms with Gasteiger partial charge in [0.05, 0.1) is 25.5 Å². The van der Waals surface area contributed by atoms with Gasteiger partial charge in [0, 0.05) is 18.2 Å². The van der Waals surface area contributed by atoms with E-state index in [1.165, 1.54) is 12.8 Å². The minimum absolute atomic E-state index is 0. The van der Waals surface area contributed by atoms with Crippen LogP contribution in [0.1, 0.15) is 60.6 Å². The quantitative estimate of drug-likeness (QED) is 0.695. The molecule has 30 heavy (non-hydrogen) atoms. The number of nitrogens with one attached hydrogen (secondary N) is 2. The minimum atomic E-state index is -0.229. The highest BCUT2D eigenvalue weighted by atomic mass is 35.5. The Labute approximate surface area is 183 Å². The summed E-state index contributed by atoms with van der Waals surface area (Å²) in [4.78, 5) is 12.6. The Morgan fingerprint density at radius 3 is 2.73 bits per heavy atom. The molecular formula is C21H30ClN5O3. The Hall–Kier alpha value is -2.32. The third kappa shape index (κ3) is 5.43. The molecule has 1 saturated carbocycles. The molecule has 0 radical (unpaired) electrons. The van der Waals surface area contributed by atoms with E-state index >= 15 is 0 Å². The molecule has 2 N–H and O–H groups in total. The van der Waals surface area contributed by atoms with Crippen LogP contribution in [0.15, 0.2) is 24.4 Å². The van der Waals surface area contributed by atoms with Gasteiger partial charge in [-0.1, -0.05) is 5.21 Å². The molecule has 0 bridgehead atoms. The first kappa shape index (κ1) is 22.4. The van der Waals surface area contributed by atoms with Crippen molar-refractivity contribution >= 4 is 18.3 Å². The second-order valence-electron chi connectivity index (χ2n) is 7.75. The summed E-state index contributed by atoms with van der Waals surface area (Å²) in [5, 5.41) is 14.5. The predicted octanol–water partition coefficient (Wildman–Crippen LogP) is 2.88. The highest BCUT2D eigenvalue weighted by Gasteiger charge is 2.20. The zero-order valence-corrected chi connectivity index (χ0v) is 18.1. The van der Waals surface area contributed by atoms with Crippen LogP contribution in [-0.4, -0.2) is 47.2 Å². The van der Waals surface area contributed by atoms with E-state index < -0.39 is 0 Å². The average Bonchev–Trinajstić information content (AvgIpc) is 3.45. The summed E-state index contributed by atoms with van der Waals surface area (Å²) in [6.07, 6.45) is 8.53. The van der Waals surface area contributed by atoms with Crippen LogP contribution in [0, 0.1) is 0 Å². The maximum absolute atomic E-state index is 12.6. The van der Waals surface area contributed by atoms with Gasteiger partial charge in [0.25, 0.3) is 5.91 Å². The maximum atomic E-state index is 12.6. The van der Waals surface area contributed by atoms with E-state index in [2.05, 4.69) is 20.9 Å². The summed E-state index contributed by atoms with van der Waals surface area (Å²) in [5.41, 5.74) is 1.27. The normalized spacial score (nSPS) is 17.4. The summed E-state index contributed by atoms with van der Waals surface area (Å²) in [7, 11) is 1.64. The first-order chi connectivity index (χ1) is 14.2. The van der Waals surface area contributed by atoms with Crippen molar-refractivity contribution < 1.29 is 14.3 Å². The van der Waals surface area contributed by atoms with E-state index in [1.54, 1.807) is 13.3 Å². The molecule has 1 aliphatic carbocycles. The van der Waals surface area contributed by atoms with Gasteiger partial charge in [-0.15, -0.1) is 17.5 Å². The van der Waals surface area contributed by atoms with E-state index in [4.69, 9.17) is 9.47 Å². The molecule has 1 aliphatic heterocycles. The number of methoxy groups -OCH3 is 1. The van der Waals surface area contributed by atoms with Crippen LogP contribution >= 0.6 is 12.4 Å². The van der Waals surface area contributed by atoms with Crippen molar-refractivity contribution in [2.24, 2.45) is 0 Å². The summed E-state index contributed by atoms with van der Waals surface area (Å²) in [6, 6.07) is 6.03. The fraction of sp³-hybridized carbons (Fsp3) is 0.571. The molecule has 9 heteroatoms. The van der Waals surface area contributed by atoms with Crippen LogP contribution in [-0.2, 0) is 6.54 Å². The number of halogens is 1. The van der Waals surface area contributed by atoms with Crippen molar-refractivity contribution in [2.45, 2.75) is 57.2 Å². The summed E-state index contributed by atoms with van der Waals surface area (Å²) in [5.74, 6) is 1.29. The Balaban J connectivity index is 0.00000256. The smallest absolute Gasteiger partial charge is 0.273 e. The van der Waals surface area contributed by atoms with Gasteiger partial charge in [-0.2, -0.15) is 0 Å². The molecule has 2 fully saturated rings. The first-order valence-electron chi connectivity index (χ1n) is 10.5. The van der Waals surface area contributed by atoms with Crippen molar-refractivity contribution in [2.75, 3.05) is 20.2 Å². The maximum Gasteiger partial charge on any atom is 0.273 e. The number of nitrogens with zero attached hydrogens (tertiary/aromatic N) is 3. The second-order valence-corrected chi connectivity index (χ2v) is 7.75. The molecule has 164 valence electrons. The van der Waals surface area contributed by atoms with Crippen LogP contribution in [0.3, 0.4) is 0 Å². The number of benzene rings is 1. The molecule has 1 aromatic carbocycles. The van der Waals surface area contributed by atoms with E-state index in [-0.39, 0.29) is 24.4 Å². The van der Waals surface area contributed by atoms with Gasteiger partial charge in [-0.25, -0.2) is 4.68 Å². The highest BCUT2D eigenvalue weighted by molar-refractivity contribution is 5.91. The lowest BCUT2D eigenvalue weighted by molar-refractivity contribution is 0.0945. The Bertz CT molecular complexity index is 832. The molecule has 2 aliphatic rings. The molecule has 0 spiro atoms. The van der Waals surface area contributed by atoms with Gasteiger partial charge in [0.15, 0.2) is 5.69 Å². The van der Waals surface area contributed by atoms with Crippen LogP contribution in [0.2, 0.25) is 0 Å². The number of hydrogen-bond donors (Lipinski definition) is 2. The topological polar surface area (TPSA) is 90.3 Å². The molecular weight excluding hydrogens is 406 g/mol. The van der Waals surface area contributed by atoms with Crippen molar-refractivity contribution in [3.8, 4) is 11.5 Å². The lowest BCUT2D eigenvalue weighted by Gasteiger charge is -2.22. The molecule has 4 rings (SSSR count). The Kier molecular flexibility index (Phi) is 7.93. The van der Waals surface area contributed by atoms with Gasteiger partial charge in [0.2, 0.25) is 0 Å². The second kappa shape index (κ2) is 10.6. The standard InChI is InChI=1S/C21H29N5O3.ClH/c1-28-18-7-6-15(20(12-18)29-17-4-2-3-5-17)13-23-21(27)19-14-26(25-24-19)16-8-10-22-11-9-16;/h6-7,12,14,16-17,22H,2-5,8-11,13H2,1H3,(H,23,27);1H. The molecule has 2 aromatic rings. The summed E-state index contributed by atoms with van der Waals surface area (Å²) in [6.45, 7) is 2.30. The molecule has 1 saturated heterocycles. The van der Waals surface area contributed by atoms with E-state index in [9.17, 15) is 4.79 Å². The first-order valence-corrected chi connectivity index (χ1v) is 10.5. The monoisotopic (exact) mass is 435 g/mol. The summed E-state index contributed by atoms with van der Waals surface area (Å²) >= 11 is 0. The fourth-order valence-corrected chi connectivity index (χ4v) is 4.00. The average molecular weight is 436 g/mol. The molecule has 2 heterocycles. The third-order valence-corrected chi connectivity index (χ3v) is 5.74. The minimum Gasteiger partial charge on any atom is -0.497 e. The van der Waals surface area contributed by atoms with Gasteiger partial charge in [-0.05, 0) is 63.7 Å². The lowest BCUT2D eigenvalue weighted by Crippen LogP contribution is -2.29. The number of ether oxygens (including phenoxy) is 2. The third-order valence-electron chi connectivity index (χ3n) is 5.74. The van der Waals surface area contributed by atoms with E-state index in [1.807, 2.05) is 22.9 Å². The SMILES string of the molecule is COc1ccc(CNC(=O)c2cn(C3CCNCC3)nn2)c(OC2CCCC2)c1.Cl. The van der Waals surface area contributed by atoms with Gasteiger partial charge >= 0.3 is 0 Å². The van der Waals surface area contributed by atoms with Crippen molar-refractivity contribution in [1.82, 2.24) is 25.6 Å². The fourth-order valence-electron chi connectivity index (χ4n) is 4.00. The van der Waals surface area contributed by atoms with Gasteiger partial charge in [-0.3, -0.25) is 4.79 Å². The van der Waals surface area contributed by atoms with Gasteiger partial charge < -0.3 is 20.1 Å². The summed E-state index contributed by atoms with van der Waals surface area (Å²) < 4.78 is 13.4. The van der Waals surface area contributed by atoms with Crippen molar-refractivity contribution in [1.29, 1.82) is 0 Å². The van der Waals surface area contributed by atoms with Crippen molar-refractivity contribution in [3.05, 3.63) is 35.7 Å². The van der Waals surface area contributed by atoms with E-state index in [0.717, 1.165) is 55.8 Å². The largest absolute Gasteiger partial charge is 0.497 e. The van der Waals surface area contributed by atoms with Crippen LogP contribution in [0.25, 0.3) is 0 Å². The number of amides is 1. The number of carbonyl (C=O) groups excluding carboxylic acids is 1. The zero-order valence-electron chi connectivity index (χ0n) is 17.3. The van der Waals surface area contributed by atoms with Crippen LogP contribution in [0.5, 0.6) is 11.5 Å². The zero-order chi connectivity index (χ0) is 20.1. The number of hydrogen-bond acceptors (Lipinski definition) is 6. The molecule has 1 amide bonds. The molecule has 0 atom stereocenters. The number of rotatable bonds is 7. The Morgan fingerprint density at radius 2 is 2.00 bits per heavy atom. The number of piperidine rings is 1. The van der Waals surface area contributed by atoms with E-state index in [0.29, 0.717) is 18.3 Å². The van der Waals surface area contributed by atoms with Crippen molar-refractivity contribution in [3.63, 3.8) is 0 Å².